The van der Waals surface area contributed by atoms with Crippen molar-refractivity contribution in [1.82, 2.24) is 0 Å². The number of ketones is 1. The second-order valence-electron chi connectivity index (χ2n) is 19.0. The molecule has 0 aromatic heterocycles. The van der Waals surface area contributed by atoms with Gasteiger partial charge in [-0.15, -0.1) is 0 Å². The quantitative estimate of drug-likeness (QED) is 0.0379. The van der Waals surface area contributed by atoms with E-state index in [1.807, 2.05) is 31.2 Å². The average molecular weight is 937 g/mol. The summed E-state index contributed by atoms with van der Waals surface area (Å²) >= 11 is 2.36. The number of benzene rings is 2. The molecule has 11 heteroatoms. The molecule has 2 aromatic rings. The van der Waals surface area contributed by atoms with Crippen LogP contribution in [0.15, 0.2) is 48.7 Å². The fourth-order valence-electron chi connectivity index (χ4n) is 6.37. The molecule has 4 atom stereocenters. The molecule has 0 amide bonds. The highest BCUT2D eigenvalue weighted by Gasteiger charge is 2.69. The normalized spacial score (nSPS) is 18.8. The van der Waals surface area contributed by atoms with E-state index in [0.29, 0.717) is 37.7 Å². The van der Waals surface area contributed by atoms with Gasteiger partial charge in [0.2, 0.25) is 5.60 Å². The number of allylic oxidation sites excluding steroid dienone is 1. The van der Waals surface area contributed by atoms with Crippen molar-refractivity contribution >= 4 is 51.0 Å². The lowest BCUT2D eigenvalue weighted by Gasteiger charge is -2.40. The number of rotatable bonds is 22. The first-order valence-corrected chi connectivity index (χ1v) is 27.9. The number of hydrogen-bond donors (Lipinski definition) is 0. The van der Waals surface area contributed by atoms with Crippen LogP contribution < -0.4 is 9.47 Å². The molecule has 1 aliphatic heterocycles. The van der Waals surface area contributed by atoms with Crippen LogP contribution in [0.1, 0.15) is 119 Å². The highest BCUT2D eigenvalue weighted by molar-refractivity contribution is 14.1. The monoisotopic (exact) mass is 936 g/mol. The predicted molar refractivity (Wildman–Crippen MR) is 245 cm³/mol. The molecule has 0 spiro atoms. The zero-order valence-corrected chi connectivity index (χ0v) is 41.9. The number of hydrogen-bond acceptors (Lipinski definition) is 8. The number of esters is 1. The zero-order valence-electron chi connectivity index (χ0n) is 37.7. The minimum Gasteiger partial charge on any atom is -0.488 e. The Balaban J connectivity index is 2.02. The first-order valence-electron chi connectivity index (χ1n) is 21.0. The topological polar surface area (TPSA) is 92.8 Å². The Hall–Kier alpha value is -2.04. The summed E-state index contributed by atoms with van der Waals surface area (Å²) in [6.07, 6.45) is 5.28. The Labute approximate surface area is 360 Å². The van der Waals surface area contributed by atoms with E-state index < -0.39 is 40.2 Å². The van der Waals surface area contributed by atoms with E-state index in [4.69, 9.17) is 27.8 Å². The highest BCUT2D eigenvalue weighted by Crippen LogP contribution is 2.49. The van der Waals surface area contributed by atoms with E-state index in [2.05, 4.69) is 129 Å². The van der Waals surface area contributed by atoms with Gasteiger partial charge >= 0.3 is 5.97 Å². The maximum absolute atomic E-state index is 14.4. The van der Waals surface area contributed by atoms with Crippen LogP contribution in [0.3, 0.4) is 0 Å². The number of epoxide rings is 1. The molecule has 0 bridgehead atoms. The van der Waals surface area contributed by atoms with Crippen molar-refractivity contribution < 1.29 is 37.4 Å². The zero-order chi connectivity index (χ0) is 43.0. The third-order valence-electron chi connectivity index (χ3n) is 11.9. The van der Waals surface area contributed by atoms with Gasteiger partial charge < -0.3 is 27.8 Å². The van der Waals surface area contributed by atoms with Gasteiger partial charge in [-0.05, 0) is 114 Å². The maximum Gasteiger partial charge on any atom is 0.343 e. The third-order valence-corrected chi connectivity index (χ3v) is 22.1. The Morgan fingerprint density at radius 3 is 2.11 bits per heavy atom. The molecule has 57 heavy (non-hydrogen) atoms. The van der Waals surface area contributed by atoms with Gasteiger partial charge in [-0.3, -0.25) is 4.79 Å². The summed E-state index contributed by atoms with van der Waals surface area (Å²) in [7, 11) is -4.54. The number of carbonyl (C=O) groups is 2. The number of carbonyl (C=O) groups excluding carboxylic acids is 2. The Bertz CT molecular complexity index is 1660. The van der Waals surface area contributed by atoms with E-state index in [0.717, 1.165) is 38.9 Å². The standard InChI is InChI=1S/C46H73IO8Si2/c1-16-22-34(37(48)29-40(55-57(14,15)45(9,10)11)46(39(17-2)54-46)43(49)50-18-3)25-26-51-38-28-35(27-32(4)5)42(52-30-33-23-20-19-21-24-33)36(41(38)47)31-53-56(12,13)44(6,7)8/h19-21,23-26,28,32,34,39-40H,16-18,22,27,29-31H2,1-15H3/t34?,39-,40+,46+/m1/s1. The summed E-state index contributed by atoms with van der Waals surface area (Å²) < 4.78 is 39.5. The van der Waals surface area contributed by atoms with Gasteiger partial charge in [0.1, 0.15) is 30.0 Å². The molecule has 0 saturated carbocycles. The molecule has 3 rings (SSSR count). The van der Waals surface area contributed by atoms with E-state index >= 15 is 0 Å². The summed E-state index contributed by atoms with van der Waals surface area (Å²) in [5.74, 6) is 1.01. The van der Waals surface area contributed by atoms with Gasteiger partial charge in [0.05, 0.1) is 29.1 Å². The van der Waals surface area contributed by atoms with Crippen molar-refractivity contribution in [3.05, 3.63) is 69.0 Å². The Morgan fingerprint density at radius 1 is 0.947 bits per heavy atom. The molecular weight excluding hydrogens is 864 g/mol. The van der Waals surface area contributed by atoms with E-state index in [9.17, 15) is 9.59 Å². The van der Waals surface area contributed by atoms with Crippen LogP contribution in [0.4, 0.5) is 0 Å². The van der Waals surface area contributed by atoms with Crippen molar-refractivity contribution in [2.24, 2.45) is 11.8 Å². The molecule has 1 unspecified atom stereocenters. The molecule has 1 heterocycles. The van der Waals surface area contributed by atoms with Crippen molar-refractivity contribution in [3.8, 4) is 11.5 Å². The second-order valence-corrected chi connectivity index (χ2v) is 29.6. The first-order chi connectivity index (χ1) is 26.4. The van der Waals surface area contributed by atoms with E-state index in [1.165, 1.54) is 0 Å². The van der Waals surface area contributed by atoms with Gasteiger partial charge in [0, 0.05) is 17.9 Å². The highest BCUT2D eigenvalue weighted by atomic mass is 127. The second kappa shape index (κ2) is 20.5. The summed E-state index contributed by atoms with van der Waals surface area (Å²) in [5, 5.41) is -0.102. The lowest BCUT2D eigenvalue weighted by Crippen LogP contribution is -2.52. The molecule has 8 nitrogen and oxygen atoms in total. The van der Waals surface area contributed by atoms with Crippen LogP contribution in [-0.2, 0) is 47.5 Å². The van der Waals surface area contributed by atoms with Gasteiger partial charge in [-0.1, -0.05) is 106 Å². The predicted octanol–water partition coefficient (Wildman–Crippen LogP) is 12.4. The molecule has 0 N–H and O–H groups in total. The van der Waals surface area contributed by atoms with E-state index in [1.54, 1.807) is 13.2 Å². The van der Waals surface area contributed by atoms with Crippen LogP contribution in [0.25, 0.3) is 0 Å². The minimum atomic E-state index is -2.43. The van der Waals surface area contributed by atoms with Gasteiger partial charge in [0.25, 0.3) is 0 Å². The van der Waals surface area contributed by atoms with Gasteiger partial charge in [-0.2, -0.15) is 0 Å². The lowest BCUT2D eigenvalue weighted by atomic mass is 9.88. The largest absolute Gasteiger partial charge is 0.488 e. The fraction of sp³-hybridized carbons (Fsp3) is 0.652. The van der Waals surface area contributed by atoms with Crippen molar-refractivity contribution in [2.75, 3.05) is 6.61 Å². The molecule has 1 aliphatic rings. The van der Waals surface area contributed by atoms with Crippen molar-refractivity contribution in [3.63, 3.8) is 0 Å². The SMILES string of the molecule is CCCC(C=COc1cc(CC(C)C)c(OCc2ccccc2)c(CO[Si](C)(C)C(C)(C)C)c1I)C(=O)C[C@H](O[Si](C)(C)C(C)(C)C)[C@@]1(C(=O)OCC)O[C@@H]1CC. The van der Waals surface area contributed by atoms with Crippen LogP contribution in [0.5, 0.6) is 11.5 Å². The maximum atomic E-state index is 14.4. The first kappa shape index (κ1) is 49.3. The minimum absolute atomic E-state index is 0.0160. The number of halogens is 1. The van der Waals surface area contributed by atoms with Crippen molar-refractivity contribution in [2.45, 2.75) is 176 Å². The molecule has 2 aromatic carbocycles. The summed E-state index contributed by atoms with van der Waals surface area (Å²) in [6.45, 7) is 33.3. The molecule has 1 saturated heterocycles. The molecule has 0 radical (unpaired) electrons. The van der Waals surface area contributed by atoms with E-state index in [-0.39, 0.29) is 35.0 Å². The lowest BCUT2D eigenvalue weighted by molar-refractivity contribution is -0.154. The Morgan fingerprint density at radius 2 is 1.58 bits per heavy atom. The molecular formula is C46H73IO8Si2. The average Bonchev–Trinajstić information content (AvgIpc) is 3.86. The summed E-state index contributed by atoms with van der Waals surface area (Å²) in [4.78, 5) is 27.9. The van der Waals surface area contributed by atoms with Crippen LogP contribution >= 0.6 is 22.6 Å². The molecule has 320 valence electrons. The summed E-state index contributed by atoms with van der Waals surface area (Å²) in [5.41, 5.74) is 1.84. The number of ether oxygens (including phenoxy) is 4. The summed E-state index contributed by atoms with van der Waals surface area (Å²) in [6, 6.07) is 12.3. The van der Waals surface area contributed by atoms with Crippen LogP contribution in [0.2, 0.25) is 36.3 Å². The van der Waals surface area contributed by atoms with Crippen LogP contribution in [0, 0.1) is 15.4 Å². The molecule has 1 fully saturated rings. The third kappa shape index (κ3) is 12.7. The fourth-order valence-corrected chi connectivity index (χ4v) is 9.32. The van der Waals surface area contributed by atoms with Gasteiger partial charge in [-0.25, -0.2) is 4.79 Å². The van der Waals surface area contributed by atoms with Crippen molar-refractivity contribution in [1.29, 1.82) is 0 Å². The van der Waals surface area contributed by atoms with Gasteiger partial charge in [0.15, 0.2) is 16.6 Å². The Kier molecular flexibility index (Phi) is 17.7. The van der Waals surface area contributed by atoms with Crippen LogP contribution in [-0.4, -0.2) is 52.8 Å². The molecule has 0 aliphatic carbocycles. The smallest absolute Gasteiger partial charge is 0.343 e. The number of Topliss-reactive ketones (excluding diaryl/α,β-unsaturated/α-hetero) is 1.